The highest BCUT2D eigenvalue weighted by Gasteiger charge is 2.32. The lowest BCUT2D eigenvalue weighted by atomic mass is 9.93. The van der Waals surface area contributed by atoms with Crippen LogP contribution in [0.5, 0.6) is 0 Å². The van der Waals surface area contributed by atoms with Gasteiger partial charge in [-0.1, -0.05) is 31.4 Å². The molecule has 0 unspecified atom stereocenters. The number of ether oxygens (including phenoxy) is 2. The molecule has 1 aromatic carbocycles. The number of halogens is 1. The Morgan fingerprint density at radius 3 is 2.31 bits per heavy atom. The number of carbonyl (C=O) groups excluding carboxylic acids is 1. The molecule has 29 heavy (non-hydrogen) atoms. The van der Waals surface area contributed by atoms with Crippen LogP contribution in [0.3, 0.4) is 0 Å². The van der Waals surface area contributed by atoms with Crippen molar-refractivity contribution in [1.29, 1.82) is 0 Å². The van der Waals surface area contributed by atoms with Gasteiger partial charge in [0.25, 0.3) is 0 Å². The van der Waals surface area contributed by atoms with Crippen LogP contribution in [0.15, 0.2) is 24.3 Å². The molecule has 0 radical (unpaired) electrons. The number of hydrogen-bond donors (Lipinski definition) is 0. The molecular formula is C23H33FN2O3. The Kier molecular flexibility index (Phi) is 7.16. The Bertz CT molecular complexity index is 649. The van der Waals surface area contributed by atoms with Crippen LogP contribution in [0.1, 0.15) is 50.5 Å². The summed E-state index contributed by atoms with van der Waals surface area (Å²) in [6.45, 7) is 4.26. The van der Waals surface area contributed by atoms with Crippen molar-refractivity contribution in [3.63, 3.8) is 0 Å². The number of carbonyl (C=O) groups is 1. The average Bonchev–Trinajstić information content (AvgIpc) is 3.29. The van der Waals surface area contributed by atoms with Crippen LogP contribution >= 0.6 is 0 Å². The third-order valence-corrected chi connectivity index (χ3v) is 6.63. The van der Waals surface area contributed by atoms with E-state index in [4.69, 9.17) is 9.47 Å². The molecule has 2 heterocycles. The van der Waals surface area contributed by atoms with Gasteiger partial charge in [-0.25, -0.2) is 4.39 Å². The number of hydrogen-bond acceptors (Lipinski definition) is 4. The molecule has 0 N–H and O–H groups in total. The van der Waals surface area contributed by atoms with Crippen molar-refractivity contribution in [2.24, 2.45) is 5.92 Å². The number of benzene rings is 1. The second-order valence-electron chi connectivity index (χ2n) is 8.66. The SMILES string of the molecule is O=C(CN1CCC(C2OCCO2)CC1)N(Cc1ccc(F)cc1)C1CCCCC1. The van der Waals surface area contributed by atoms with Crippen molar-refractivity contribution in [1.82, 2.24) is 9.80 Å². The molecule has 0 atom stereocenters. The van der Waals surface area contributed by atoms with Crippen molar-refractivity contribution < 1.29 is 18.7 Å². The molecule has 3 aliphatic rings. The molecule has 3 fully saturated rings. The maximum Gasteiger partial charge on any atom is 0.237 e. The van der Waals surface area contributed by atoms with Crippen LogP contribution < -0.4 is 0 Å². The predicted octanol–water partition coefficient (Wildman–Crippen LogP) is 3.57. The Hall–Kier alpha value is -1.50. The van der Waals surface area contributed by atoms with E-state index in [1.165, 1.54) is 31.4 Å². The van der Waals surface area contributed by atoms with E-state index in [1.54, 1.807) is 12.1 Å². The number of rotatable bonds is 6. The van der Waals surface area contributed by atoms with Crippen molar-refractivity contribution in [2.45, 2.75) is 63.8 Å². The number of amides is 1. The second kappa shape index (κ2) is 10.0. The monoisotopic (exact) mass is 404 g/mol. The van der Waals surface area contributed by atoms with Crippen LogP contribution in [0, 0.1) is 11.7 Å². The molecule has 1 amide bonds. The first-order valence-electron chi connectivity index (χ1n) is 11.2. The fraction of sp³-hybridized carbons (Fsp3) is 0.696. The molecule has 4 rings (SSSR count). The van der Waals surface area contributed by atoms with Gasteiger partial charge in [-0.15, -0.1) is 0 Å². The standard InChI is InChI=1S/C23H33FN2O3/c24-20-8-6-18(7-9-20)16-26(21-4-2-1-3-5-21)22(27)17-25-12-10-19(11-13-25)23-28-14-15-29-23/h6-9,19,21,23H,1-5,10-17H2. The summed E-state index contributed by atoms with van der Waals surface area (Å²) in [5.74, 6) is 0.410. The lowest BCUT2D eigenvalue weighted by molar-refractivity contribution is -0.137. The fourth-order valence-electron chi connectivity index (χ4n) is 4.91. The van der Waals surface area contributed by atoms with E-state index in [0.717, 1.165) is 44.3 Å². The molecule has 0 spiro atoms. The van der Waals surface area contributed by atoms with E-state index < -0.39 is 0 Å². The predicted molar refractivity (Wildman–Crippen MR) is 109 cm³/mol. The molecule has 160 valence electrons. The summed E-state index contributed by atoms with van der Waals surface area (Å²) in [7, 11) is 0. The maximum absolute atomic E-state index is 13.3. The van der Waals surface area contributed by atoms with Crippen LogP contribution in [0.2, 0.25) is 0 Å². The zero-order valence-electron chi connectivity index (χ0n) is 17.2. The van der Waals surface area contributed by atoms with Gasteiger partial charge in [0.05, 0.1) is 19.8 Å². The summed E-state index contributed by atoms with van der Waals surface area (Å²) in [5, 5.41) is 0. The van der Waals surface area contributed by atoms with Gasteiger partial charge in [-0.05, 0) is 56.5 Å². The molecular weight excluding hydrogens is 371 g/mol. The quantitative estimate of drug-likeness (QED) is 0.727. The van der Waals surface area contributed by atoms with E-state index in [2.05, 4.69) is 9.80 Å². The van der Waals surface area contributed by atoms with Gasteiger partial charge in [0.15, 0.2) is 6.29 Å². The molecule has 5 nitrogen and oxygen atoms in total. The van der Waals surface area contributed by atoms with Gasteiger partial charge >= 0.3 is 0 Å². The van der Waals surface area contributed by atoms with Gasteiger partial charge in [-0.2, -0.15) is 0 Å². The van der Waals surface area contributed by atoms with Crippen molar-refractivity contribution in [2.75, 3.05) is 32.8 Å². The summed E-state index contributed by atoms with van der Waals surface area (Å²) < 4.78 is 24.6. The Morgan fingerprint density at radius 2 is 1.66 bits per heavy atom. The first-order chi connectivity index (χ1) is 14.2. The van der Waals surface area contributed by atoms with Crippen LogP contribution in [-0.2, 0) is 20.8 Å². The summed E-state index contributed by atoms with van der Waals surface area (Å²) >= 11 is 0. The fourth-order valence-corrected chi connectivity index (χ4v) is 4.91. The Morgan fingerprint density at radius 1 is 1.00 bits per heavy atom. The highest BCUT2D eigenvalue weighted by molar-refractivity contribution is 5.78. The van der Waals surface area contributed by atoms with Gasteiger partial charge in [-0.3, -0.25) is 9.69 Å². The van der Waals surface area contributed by atoms with E-state index in [-0.39, 0.29) is 18.0 Å². The van der Waals surface area contributed by atoms with Gasteiger partial charge in [0, 0.05) is 18.5 Å². The van der Waals surface area contributed by atoms with E-state index >= 15 is 0 Å². The van der Waals surface area contributed by atoms with E-state index in [1.807, 2.05) is 0 Å². The topological polar surface area (TPSA) is 42.0 Å². The molecule has 2 saturated heterocycles. The molecule has 1 saturated carbocycles. The largest absolute Gasteiger partial charge is 0.350 e. The minimum absolute atomic E-state index is 0.0509. The minimum Gasteiger partial charge on any atom is -0.350 e. The third-order valence-electron chi connectivity index (χ3n) is 6.63. The third kappa shape index (κ3) is 5.56. The lowest BCUT2D eigenvalue weighted by Crippen LogP contribution is -2.48. The summed E-state index contributed by atoms with van der Waals surface area (Å²) in [6, 6.07) is 6.86. The number of piperidine rings is 1. The molecule has 0 aromatic heterocycles. The summed E-state index contributed by atoms with van der Waals surface area (Å²) in [6.07, 6.45) is 7.75. The van der Waals surface area contributed by atoms with Gasteiger partial charge < -0.3 is 14.4 Å². The zero-order valence-corrected chi connectivity index (χ0v) is 17.2. The lowest BCUT2D eigenvalue weighted by Gasteiger charge is -2.38. The number of likely N-dealkylation sites (tertiary alicyclic amines) is 1. The van der Waals surface area contributed by atoms with Crippen molar-refractivity contribution in [3.05, 3.63) is 35.6 Å². The van der Waals surface area contributed by atoms with Crippen LogP contribution in [0.4, 0.5) is 4.39 Å². The Labute approximate surface area is 173 Å². The summed E-state index contributed by atoms with van der Waals surface area (Å²) in [4.78, 5) is 17.6. The first kappa shape index (κ1) is 20.8. The molecule has 2 aliphatic heterocycles. The minimum atomic E-state index is -0.234. The first-order valence-corrected chi connectivity index (χ1v) is 11.2. The normalized spacial score (nSPS) is 22.8. The Balaban J connectivity index is 1.35. The molecule has 6 heteroatoms. The number of nitrogens with zero attached hydrogens (tertiary/aromatic N) is 2. The summed E-state index contributed by atoms with van der Waals surface area (Å²) in [5.41, 5.74) is 1.000. The second-order valence-corrected chi connectivity index (χ2v) is 8.66. The van der Waals surface area contributed by atoms with Crippen LogP contribution in [-0.4, -0.2) is 60.9 Å². The highest BCUT2D eigenvalue weighted by atomic mass is 19.1. The zero-order chi connectivity index (χ0) is 20.1. The highest BCUT2D eigenvalue weighted by Crippen LogP contribution is 2.27. The van der Waals surface area contributed by atoms with Crippen molar-refractivity contribution >= 4 is 5.91 Å². The van der Waals surface area contributed by atoms with E-state index in [9.17, 15) is 9.18 Å². The maximum atomic E-state index is 13.3. The van der Waals surface area contributed by atoms with Crippen molar-refractivity contribution in [3.8, 4) is 0 Å². The van der Waals surface area contributed by atoms with E-state index in [0.29, 0.717) is 38.3 Å². The molecule has 1 aliphatic carbocycles. The van der Waals surface area contributed by atoms with Gasteiger partial charge in [0.2, 0.25) is 5.91 Å². The van der Waals surface area contributed by atoms with Crippen LogP contribution in [0.25, 0.3) is 0 Å². The smallest absolute Gasteiger partial charge is 0.237 e. The van der Waals surface area contributed by atoms with Gasteiger partial charge in [0.1, 0.15) is 5.82 Å². The average molecular weight is 405 g/mol. The molecule has 1 aromatic rings. The molecule has 0 bridgehead atoms.